The molecule has 0 bridgehead atoms. The molecule has 0 saturated carbocycles. The number of carboxylic acids is 1. The lowest BCUT2D eigenvalue weighted by atomic mass is 10.0. The van der Waals surface area contributed by atoms with Crippen LogP contribution in [0.1, 0.15) is 32.6 Å². The summed E-state index contributed by atoms with van der Waals surface area (Å²) in [6.07, 6.45) is 2.55. The van der Waals surface area contributed by atoms with Crippen LogP contribution in [0.2, 0.25) is 0 Å². The van der Waals surface area contributed by atoms with E-state index in [4.69, 9.17) is 5.11 Å². The van der Waals surface area contributed by atoms with Crippen LogP contribution in [0.3, 0.4) is 0 Å². The molecule has 1 unspecified atom stereocenters. The highest BCUT2D eigenvalue weighted by molar-refractivity contribution is 5.80. The zero-order valence-electron chi connectivity index (χ0n) is 8.53. The molecule has 0 aromatic carbocycles. The summed E-state index contributed by atoms with van der Waals surface area (Å²) in [7, 11) is 0. The van der Waals surface area contributed by atoms with E-state index in [0.717, 1.165) is 6.42 Å². The third-order valence-corrected chi connectivity index (χ3v) is 2.64. The van der Waals surface area contributed by atoms with E-state index >= 15 is 0 Å². The fourth-order valence-electron chi connectivity index (χ4n) is 1.82. The third-order valence-electron chi connectivity index (χ3n) is 2.64. The van der Waals surface area contributed by atoms with Crippen LogP contribution in [-0.2, 0) is 9.59 Å². The van der Waals surface area contributed by atoms with Gasteiger partial charge in [-0.2, -0.15) is 0 Å². The van der Waals surface area contributed by atoms with E-state index in [0.29, 0.717) is 32.4 Å². The normalized spacial score (nSPS) is 20.8. The van der Waals surface area contributed by atoms with Crippen LogP contribution in [0.25, 0.3) is 0 Å². The Balaban J connectivity index is 2.51. The first-order valence-corrected chi connectivity index (χ1v) is 5.13. The van der Waals surface area contributed by atoms with Crippen molar-refractivity contribution < 1.29 is 14.7 Å². The van der Waals surface area contributed by atoms with Gasteiger partial charge in [0.25, 0.3) is 0 Å². The summed E-state index contributed by atoms with van der Waals surface area (Å²) in [6.45, 7) is 3.19. The minimum atomic E-state index is -0.763. The van der Waals surface area contributed by atoms with Gasteiger partial charge in [0.15, 0.2) is 0 Å². The van der Waals surface area contributed by atoms with Crippen molar-refractivity contribution in [2.24, 2.45) is 0 Å². The van der Waals surface area contributed by atoms with Gasteiger partial charge in [-0.05, 0) is 6.42 Å². The number of hydrogen-bond donors (Lipinski definition) is 1. The van der Waals surface area contributed by atoms with Gasteiger partial charge in [0.2, 0.25) is 0 Å². The second kappa shape index (κ2) is 5.10. The number of Topliss-reactive ketones (excluding diaryl/α,β-unsaturated/α-hetero) is 1. The monoisotopic (exact) mass is 199 g/mol. The largest absolute Gasteiger partial charge is 0.480 e. The molecule has 1 fully saturated rings. The van der Waals surface area contributed by atoms with Gasteiger partial charge >= 0.3 is 5.97 Å². The summed E-state index contributed by atoms with van der Waals surface area (Å²) in [5.41, 5.74) is 0. The van der Waals surface area contributed by atoms with Crippen LogP contribution in [0, 0.1) is 0 Å². The van der Waals surface area contributed by atoms with Crippen molar-refractivity contribution in [3.8, 4) is 0 Å². The Kier molecular flexibility index (Phi) is 4.07. The third kappa shape index (κ3) is 2.80. The van der Waals surface area contributed by atoms with Crippen LogP contribution in [-0.4, -0.2) is 40.9 Å². The summed E-state index contributed by atoms with van der Waals surface area (Å²) in [6, 6.07) is -0.395. The van der Waals surface area contributed by atoms with Crippen LogP contribution in [0.4, 0.5) is 0 Å². The predicted octanol–water partition coefficient (Wildman–Crippen LogP) is 0.905. The van der Waals surface area contributed by atoms with Gasteiger partial charge in [-0.1, -0.05) is 13.3 Å². The van der Waals surface area contributed by atoms with Gasteiger partial charge in [-0.15, -0.1) is 0 Å². The maximum absolute atomic E-state index is 11.0. The number of ketones is 1. The van der Waals surface area contributed by atoms with Crippen LogP contribution < -0.4 is 0 Å². The van der Waals surface area contributed by atoms with E-state index in [9.17, 15) is 9.59 Å². The average molecular weight is 199 g/mol. The molecule has 1 aliphatic rings. The lowest BCUT2D eigenvalue weighted by Crippen LogP contribution is -2.45. The lowest BCUT2D eigenvalue weighted by molar-refractivity contribution is -0.145. The smallest absolute Gasteiger partial charge is 0.320 e. The van der Waals surface area contributed by atoms with E-state index in [-0.39, 0.29) is 5.78 Å². The Morgan fingerprint density at radius 2 is 2.07 bits per heavy atom. The van der Waals surface area contributed by atoms with Gasteiger partial charge in [-0.25, -0.2) is 0 Å². The second-order valence-electron chi connectivity index (χ2n) is 3.72. The molecule has 1 aliphatic heterocycles. The number of nitrogens with zero attached hydrogens (tertiary/aromatic N) is 1. The molecule has 0 spiro atoms. The maximum Gasteiger partial charge on any atom is 0.320 e. The zero-order chi connectivity index (χ0) is 10.6. The van der Waals surface area contributed by atoms with Gasteiger partial charge in [-0.3, -0.25) is 14.5 Å². The summed E-state index contributed by atoms with van der Waals surface area (Å²) in [5, 5.41) is 9.00. The fourth-order valence-corrected chi connectivity index (χ4v) is 1.82. The molecular formula is C10H17NO3. The highest BCUT2D eigenvalue weighted by Gasteiger charge is 2.27. The molecule has 1 heterocycles. The number of carbonyl (C=O) groups is 2. The Hall–Kier alpha value is -0.900. The van der Waals surface area contributed by atoms with E-state index in [1.54, 1.807) is 0 Å². The molecule has 0 amide bonds. The quantitative estimate of drug-likeness (QED) is 0.731. The standard InChI is InChI=1S/C10H17NO3/c1-2-3-9(10(13)14)11-6-4-8(12)5-7-11/h9H,2-7H2,1H3,(H,13,14). The molecule has 4 nitrogen and oxygen atoms in total. The first-order chi connectivity index (χ1) is 6.65. The maximum atomic E-state index is 11.0. The van der Waals surface area contributed by atoms with E-state index in [2.05, 4.69) is 0 Å². The Labute approximate surface area is 83.9 Å². The summed E-state index contributed by atoms with van der Waals surface area (Å²) in [5.74, 6) is -0.511. The molecule has 80 valence electrons. The molecule has 0 aromatic rings. The zero-order valence-corrected chi connectivity index (χ0v) is 8.53. The fraction of sp³-hybridized carbons (Fsp3) is 0.800. The van der Waals surface area contributed by atoms with Gasteiger partial charge in [0.1, 0.15) is 11.8 Å². The van der Waals surface area contributed by atoms with Gasteiger partial charge in [0, 0.05) is 25.9 Å². The number of likely N-dealkylation sites (tertiary alicyclic amines) is 1. The van der Waals surface area contributed by atoms with E-state index < -0.39 is 12.0 Å². The van der Waals surface area contributed by atoms with Gasteiger partial charge < -0.3 is 5.11 Å². The first-order valence-electron chi connectivity index (χ1n) is 5.13. The van der Waals surface area contributed by atoms with Crippen LogP contribution in [0.5, 0.6) is 0 Å². The second-order valence-corrected chi connectivity index (χ2v) is 3.72. The van der Waals surface area contributed by atoms with E-state index in [1.807, 2.05) is 11.8 Å². The summed E-state index contributed by atoms with van der Waals surface area (Å²) in [4.78, 5) is 23.8. The highest BCUT2D eigenvalue weighted by atomic mass is 16.4. The number of rotatable bonds is 4. The predicted molar refractivity (Wildman–Crippen MR) is 52.1 cm³/mol. The summed E-state index contributed by atoms with van der Waals surface area (Å²) >= 11 is 0. The van der Waals surface area contributed by atoms with Crippen molar-refractivity contribution in [2.45, 2.75) is 38.6 Å². The average Bonchev–Trinajstić information content (AvgIpc) is 2.15. The molecule has 0 radical (unpaired) electrons. The summed E-state index contributed by atoms with van der Waals surface area (Å²) < 4.78 is 0. The topological polar surface area (TPSA) is 57.6 Å². The minimum absolute atomic E-state index is 0.252. The van der Waals surface area contributed by atoms with Crippen LogP contribution in [0.15, 0.2) is 0 Å². The van der Waals surface area contributed by atoms with Crippen molar-refractivity contribution in [3.63, 3.8) is 0 Å². The van der Waals surface area contributed by atoms with E-state index in [1.165, 1.54) is 0 Å². The lowest BCUT2D eigenvalue weighted by Gasteiger charge is -2.31. The molecule has 14 heavy (non-hydrogen) atoms. The van der Waals surface area contributed by atoms with Crippen LogP contribution >= 0.6 is 0 Å². The Bertz CT molecular complexity index is 217. The molecule has 0 aliphatic carbocycles. The van der Waals surface area contributed by atoms with Gasteiger partial charge in [0.05, 0.1) is 0 Å². The molecule has 4 heteroatoms. The molecule has 0 aromatic heterocycles. The first kappa shape index (κ1) is 11.2. The Morgan fingerprint density at radius 1 is 1.50 bits per heavy atom. The van der Waals surface area contributed by atoms with Crippen molar-refractivity contribution in [3.05, 3.63) is 0 Å². The minimum Gasteiger partial charge on any atom is -0.480 e. The number of piperidine rings is 1. The highest BCUT2D eigenvalue weighted by Crippen LogP contribution is 2.13. The molecular weight excluding hydrogens is 182 g/mol. The molecule has 1 atom stereocenters. The Morgan fingerprint density at radius 3 is 2.50 bits per heavy atom. The van der Waals surface area contributed by atoms with Crippen molar-refractivity contribution >= 4 is 11.8 Å². The molecule has 1 rings (SSSR count). The van der Waals surface area contributed by atoms with Crippen molar-refractivity contribution in [1.29, 1.82) is 0 Å². The van der Waals surface area contributed by atoms with Crippen molar-refractivity contribution in [2.75, 3.05) is 13.1 Å². The van der Waals surface area contributed by atoms with Crippen molar-refractivity contribution in [1.82, 2.24) is 4.90 Å². The number of hydrogen-bond acceptors (Lipinski definition) is 3. The number of carboxylic acid groups (broad SMARTS) is 1. The SMILES string of the molecule is CCCC(C(=O)O)N1CCC(=O)CC1. The molecule has 1 N–H and O–H groups in total. The number of carbonyl (C=O) groups excluding carboxylic acids is 1. The number of aliphatic carboxylic acids is 1. The molecule has 1 saturated heterocycles.